The predicted molar refractivity (Wildman–Crippen MR) is 197 cm³/mol. The van der Waals surface area contributed by atoms with Gasteiger partial charge in [-0.15, -0.1) is 0 Å². The van der Waals surface area contributed by atoms with Crippen LogP contribution in [0.5, 0.6) is 0 Å². The van der Waals surface area contributed by atoms with Gasteiger partial charge in [0.05, 0.1) is 6.54 Å². The fourth-order valence-corrected chi connectivity index (χ4v) is 5.79. The molecule has 2 amide bonds. The van der Waals surface area contributed by atoms with Gasteiger partial charge in [-0.3, -0.25) is 9.59 Å². The van der Waals surface area contributed by atoms with Gasteiger partial charge < -0.3 is 20.4 Å². The van der Waals surface area contributed by atoms with E-state index in [0.29, 0.717) is 25.9 Å². The number of hydrogen-bond donors (Lipinski definition) is 3. The first-order chi connectivity index (χ1) is 22.5. The fraction of sp³-hybridized carbons (Fsp3) is 0.850. The number of hydrogen-bond acceptors (Lipinski definition) is 4. The van der Waals surface area contributed by atoms with Crippen molar-refractivity contribution in [3.05, 3.63) is 24.3 Å². The summed E-state index contributed by atoms with van der Waals surface area (Å²) in [5, 5.41) is 21.8. The highest BCUT2D eigenvalue weighted by molar-refractivity contribution is 5.77. The molecule has 0 aliphatic carbocycles. The first-order valence-electron chi connectivity index (χ1n) is 19.7. The van der Waals surface area contributed by atoms with Crippen LogP contribution in [-0.4, -0.2) is 52.9 Å². The lowest BCUT2D eigenvalue weighted by molar-refractivity contribution is -0.138. The molecule has 0 rings (SSSR count). The summed E-state index contributed by atoms with van der Waals surface area (Å²) >= 11 is 0. The third-order valence-corrected chi connectivity index (χ3v) is 8.76. The van der Waals surface area contributed by atoms with Crippen molar-refractivity contribution >= 4 is 11.8 Å². The molecule has 3 N–H and O–H groups in total. The highest BCUT2D eigenvalue weighted by Gasteiger charge is 2.16. The van der Waals surface area contributed by atoms with Gasteiger partial charge in [-0.2, -0.15) is 0 Å². The Morgan fingerprint density at radius 2 is 0.913 bits per heavy atom. The average Bonchev–Trinajstić information content (AvgIpc) is 3.04. The molecule has 0 heterocycles. The Balaban J connectivity index is 3.78. The Morgan fingerprint density at radius 3 is 1.33 bits per heavy atom. The van der Waals surface area contributed by atoms with Crippen molar-refractivity contribution in [2.75, 3.05) is 19.6 Å². The second kappa shape index (κ2) is 36.2. The van der Waals surface area contributed by atoms with Gasteiger partial charge in [-0.05, 0) is 64.2 Å². The van der Waals surface area contributed by atoms with Gasteiger partial charge in [0.1, 0.15) is 0 Å². The van der Waals surface area contributed by atoms with Crippen molar-refractivity contribution in [3.63, 3.8) is 0 Å². The SMILES string of the molecule is CCCCCCCC/C=C\CCCCCCCC(=O)NCCN(CC(O)O)C(=O)CCCCCCC/C=C\CCCCCCCC. The zero-order chi connectivity index (χ0) is 33.8. The Kier molecular flexibility index (Phi) is 34.9. The Morgan fingerprint density at radius 1 is 0.543 bits per heavy atom. The van der Waals surface area contributed by atoms with Crippen molar-refractivity contribution in [3.8, 4) is 0 Å². The van der Waals surface area contributed by atoms with Crippen LogP contribution in [0, 0.1) is 0 Å². The summed E-state index contributed by atoms with van der Waals surface area (Å²) in [7, 11) is 0. The maximum atomic E-state index is 12.7. The molecule has 0 saturated carbocycles. The fourth-order valence-electron chi connectivity index (χ4n) is 5.79. The van der Waals surface area contributed by atoms with Crippen LogP contribution in [0.15, 0.2) is 24.3 Å². The Hall–Kier alpha value is -1.66. The van der Waals surface area contributed by atoms with E-state index in [9.17, 15) is 19.8 Å². The molecule has 0 aliphatic rings. The number of rotatable bonds is 35. The van der Waals surface area contributed by atoms with Gasteiger partial charge in [-0.25, -0.2) is 0 Å². The normalized spacial score (nSPS) is 11.8. The van der Waals surface area contributed by atoms with E-state index in [1.54, 1.807) is 0 Å². The van der Waals surface area contributed by atoms with Crippen LogP contribution in [0.2, 0.25) is 0 Å². The first kappa shape index (κ1) is 44.3. The second-order valence-corrected chi connectivity index (χ2v) is 13.3. The second-order valence-electron chi connectivity index (χ2n) is 13.3. The molecule has 0 spiro atoms. The van der Waals surface area contributed by atoms with Crippen molar-refractivity contribution in [1.29, 1.82) is 0 Å². The van der Waals surface area contributed by atoms with E-state index in [2.05, 4.69) is 43.5 Å². The molecule has 0 atom stereocenters. The highest BCUT2D eigenvalue weighted by atomic mass is 16.5. The quantitative estimate of drug-likeness (QED) is 0.0362. The monoisotopic (exact) mass is 649 g/mol. The molecule has 0 radical (unpaired) electrons. The molecule has 6 nitrogen and oxygen atoms in total. The summed E-state index contributed by atoms with van der Waals surface area (Å²) in [6, 6.07) is 0. The summed E-state index contributed by atoms with van der Waals surface area (Å²) in [4.78, 5) is 26.4. The zero-order valence-electron chi connectivity index (χ0n) is 30.5. The number of carbonyl (C=O) groups is 2. The molecule has 0 saturated heterocycles. The lowest BCUT2D eigenvalue weighted by Crippen LogP contribution is -2.42. The summed E-state index contributed by atoms with van der Waals surface area (Å²) in [6.07, 6.45) is 40.5. The van der Waals surface area contributed by atoms with Crippen LogP contribution in [0.3, 0.4) is 0 Å². The van der Waals surface area contributed by atoms with E-state index in [0.717, 1.165) is 51.4 Å². The summed E-state index contributed by atoms with van der Waals surface area (Å²) in [5.41, 5.74) is 0. The minimum Gasteiger partial charge on any atom is -0.367 e. The van der Waals surface area contributed by atoms with Crippen LogP contribution in [0.1, 0.15) is 194 Å². The van der Waals surface area contributed by atoms with E-state index in [1.165, 1.54) is 120 Å². The van der Waals surface area contributed by atoms with Crippen LogP contribution in [0.25, 0.3) is 0 Å². The van der Waals surface area contributed by atoms with Gasteiger partial charge in [0.2, 0.25) is 11.8 Å². The number of amides is 2. The molecule has 0 bridgehead atoms. The van der Waals surface area contributed by atoms with Crippen LogP contribution < -0.4 is 5.32 Å². The van der Waals surface area contributed by atoms with Gasteiger partial charge >= 0.3 is 0 Å². The molecule has 0 aromatic rings. The molecule has 6 heteroatoms. The van der Waals surface area contributed by atoms with Gasteiger partial charge in [-0.1, -0.05) is 141 Å². The third-order valence-electron chi connectivity index (χ3n) is 8.76. The van der Waals surface area contributed by atoms with Crippen LogP contribution in [-0.2, 0) is 9.59 Å². The maximum absolute atomic E-state index is 12.7. The summed E-state index contributed by atoms with van der Waals surface area (Å²) < 4.78 is 0. The smallest absolute Gasteiger partial charge is 0.222 e. The zero-order valence-corrected chi connectivity index (χ0v) is 30.5. The van der Waals surface area contributed by atoms with E-state index in [4.69, 9.17) is 0 Å². The Bertz CT molecular complexity index is 722. The maximum Gasteiger partial charge on any atom is 0.222 e. The van der Waals surface area contributed by atoms with Crippen molar-refractivity contribution < 1.29 is 19.8 Å². The number of aliphatic hydroxyl groups is 2. The van der Waals surface area contributed by atoms with Crippen LogP contribution in [0.4, 0.5) is 0 Å². The van der Waals surface area contributed by atoms with Crippen LogP contribution >= 0.6 is 0 Å². The van der Waals surface area contributed by atoms with E-state index < -0.39 is 6.29 Å². The topological polar surface area (TPSA) is 89.9 Å². The Labute approximate surface area is 285 Å². The lowest BCUT2D eigenvalue weighted by atomic mass is 10.1. The predicted octanol–water partition coefficient (Wildman–Crippen LogP) is 10.3. The number of unbranched alkanes of at least 4 members (excludes halogenated alkanes) is 22. The lowest BCUT2D eigenvalue weighted by Gasteiger charge is -2.23. The minimum absolute atomic E-state index is 0.00632. The number of allylic oxidation sites excluding steroid dienone is 4. The summed E-state index contributed by atoms with van der Waals surface area (Å²) in [5.74, 6) is -0.0657. The molecule has 0 fully saturated rings. The number of aliphatic hydroxyl groups excluding tert-OH is 1. The first-order valence-corrected chi connectivity index (χ1v) is 19.7. The third kappa shape index (κ3) is 33.7. The molecular weight excluding hydrogens is 572 g/mol. The number of nitrogens with zero attached hydrogens (tertiary/aromatic N) is 1. The number of carbonyl (C=O) groups excluding carboxylic acids is 2. The number of nitrogens with one attached hydrogen (secondary N) is 1. The van der Waals surface area contributed by atoms with Crippen molar-refractivity contribution in [2.45, 2.75) is 200 Å². The highest BCUT2D eigenvalue weighted by Crippen LogP contribution is 2.12. The standard InChI is InChI=1S/C40H76N2O4/c1-3-5-7-9-11-13-15-17-19-21-23-25-27-29-31-33-38(43)41-35-36-42(37-40(45)46)39(44)34-32-30-28-26-24-22-20-18-16-14-12-10-8-6-4-2/h17-20,40,45-46H,3-16,21-37H2,1-2H3,(H,41,43)/b19-17-,20-18-. The molecular formula is C40H76N2O4. The van der Waals surface area contributed by atoms with Crippen molar-refractivity contribution in [2.24, 2.45) is 0 Å². The van der Waals surface area contributed by atoms with E-state index in [1.807, 2.05) is 0 Å². The summed E-state index contributed by atoms with van der Waals surface area (Å²) in [6.45, 7) is 5.05. The van der Waals surface area contributed by atoms with Gasteiger partial charge in [0.25, 0.3) is 0 Å². The average molecular weight is 649 g/mol. The largest absolute Gasteiger partial charge is 0.367 e. The van der Waals surface area contributed by atoms with Crippen molar-refractivity contribution in [1.82, 2.24) is 10.2 Å². The molecule has 0 unspecified atom stereocenters. The van der Waals surface area contributed by atoms with E-state index >= 15 is 0 Å². The molecule has 0 aromatic carbocycles. The minimum atomic E-state index is -1.57. The molecule has 46 heavy (non-hydrogen) atoms. The molecule has 0 aromatic heterocycles. The van der Waals surface area contributed by atoms with Gasteiger partial charge in [0.15, 0.2) is 6.29 Å². The van der Waals surface area contributed by atoms with E-state index in [-0.39, 0.29) is 18.4 Å². The molecule has 270 valence electrons. The molecule has 0 aliphatic heterocycles. The van der Waals surface area contributed by atoms with Gasteiger partial charge in [0, 0.05) is 25.9 Å².